The van der Waals surface area contributed by atoms with Crippen molar-refractivity contribution in [1.82, 2.24) is 4.98 Å². The molecule has 2 rings (SSSR count). The summed E-state index contributed by atoms with van der Waals surface area (Å²) in [6, 6.07) is 0.383. The zero-order valence-corrected chi connectivity index (χ0v) is 13.0. The van der Waals surface area contributed by atoms with Gasteiger partial charge in [-0.25, -0.2) is 9.78 Å². The van der Waals surface area contributed by atoms with Gasteiger partial charge in [-0.3, -0.25) is 4.79 Å². The maximum Gasteiger partial charge on any atom is 0.358 e. The van der Waals surface area contributed by atoms with Crippen LogP contribution in [0.5, 0.6) is 0 Å². The Morgan fingerprint density at radius 1 is 1.35 bits per heavy atom. The van der Waals surface area contributed by atoms with Crippen molar-refractivity contribution in [2.45, 2.75) is 45.6 Å². The average Bonchev–Trinajstić information content (AvgIpc) is 2.76. The molecule has 2 heterocycles. The van der Waals surface area contributed by atoms with E-state index in [2.05, 4.69) is 16.8 Å². The number of thiazole rings is 1. The van der Waals surface area contributed by atoms with Crippen LogP contribution in [0.3, 0.4) is 0 Å². The number of Topliss-reactive ketones (excluding diaryl/α,β-unsaturated/α-hetero) is 1. The van der Waals surface area contributed by atoms with Crippen LogP contribution in [-0.4, -0.2) is 36.4 Å². The molecule has 0 aliphatic carbocycles. The molecule has 0 bridgehead atoms. The first kappa shape index (κ1) is 15.0. The first-order chi connectivity index (χ1) is 9.54. The third-order valence-electron chi connectivity index (χ3n) is 3.61. The third kappa shape index (κ3) is 3.00. The number of aromatic nitrogens is 1. The molecule has 1 aliphatic rings. The number of rotatable bonds is 3. The highest BCUT2D eigenvalue weighted by Crippen LogP contribution is 2.31. The van der Waals surface area contributed by atoms with Crippen LogP contribution < -0.4 is 4.90 Å². The smallest absolute Gasteiger partial charge is 0.358 e. The summed E-state index contributed by atoms with van der Waals surface area (Å²) in [7, 11) is 1.31. The van der Waals surface area contributed by atoms with E-state index in [4.69, 9.17) is 4.74 Å². The van der Waals surface area contributed by atoms with E-state index in [1.54, 1.807) is 0 Å². The van der Waals surface area contributed by atoms with Gasteiger partial charge < -0.3 is 9.64 Å². The van der Waals surface area contributed by atoms with E-state index in [9.17, 15) is 9.59 Å². The molecule has 6 heteroatoms. The van der Waals surface area contributed by atoms with Crippen LogP contribution >= 0.6 is 11.3 Å². The van der Waals surface area contributed by atoms with Crippen molar-refractivity contribution in [3.05, 3.63) is 10.6 Å². The Hall–Kier alpha value is -1.43. The SMILES string of the molecule is COC(=O)c1nc(N2CCCCCC2C)sc1C(C)=O. The molecular formula is C14H20N2O3S. The fourth-order valence-electron chi connectivity index (χ4n) is 2.46. The van der Waals surface area contributed by atoms with Crippen molar-refractivity contribution >= 4 is 28.2 Å². The molecule has 1 fully saturated rings. The van der Waals surface area contributed by atoms with Crippen LogP contribution in [0.15, 0.2) is 0 Å². The average molecular weight is 296 g/mol. The number of ether oxygens (including phenoxy) is 1. The molecule has 0 saturated carbocycles. The van der Waals surface area contributed by atoms with Gasteiger partial charge in [0.05, 0.1) is 7.11 Å². The van der Waals surface area contributed by atoms with E-state index < -0.39 is 5.97 Å². The molecular weight excluding hydrogens is 276 g/mol. The Balaban J connectivity index is 2.36. The number of carbonyl (C=O) groups is 2. The molecule has 0 amide bonds. The molecule has 1 atom stereocenters. The minimum absolute atomic E-state index is 0.142. The number of methoxy groups -OCH3 is 1. The number of carbonyl (C=O) groups excluding carboxylic acids is 2. The van der Waals surface area contributed by atoms with Crippen molar-refractivity contribution in [3.63, 3.8) is 0 Å². The molecule has 1 aliphatic heterocycles. The van der Waals surface area contributed by atoms with Gasteiger partial charge in [-0.1, -0.05) is 24.2 Å². The van der Waals surface area contributed by atoms with Gasteiger partial charge >= 0.3 is 5.97 Å². The van der Waals surface area contributed by atoms with Crippen LogP contribution in [0.2, 0.25) is 0 Å². The highest BCUT2D eigenvalue weighted by Gasteiger charge is 2.26. The molecule has 0 N–H and O–H groups in total. The zero-order chi connectivity index (χ0) is 14.7. The topological polar surface area (TPSA) is 59.5 Å². The fourth-order valence-corrected chi connectivity index (χ4v) is 3.54. The maximum absolute atomic E-state index is 11.7. The molecule has 1 aromatic rings. The Labute approximate surface area is 122 Å². The van der Waals surface area contributed by atoms with Crippen molar-refractivity contribution in [1.29, 1.82) is 0 Å². The molecule has 5 nitrogen and oxygen atoms in total. The lowest BCUT2D eigenvalue weighted by atomic mass is 10.1. The molecule has 0 radical (unpaired) electrons. The van der Waals surface area contributed by atoms with Crippen LogP contribution in [0.4, 0.5) is 5.13 Å². The van der Waals surface area contributed by atoms with Gasteiger partial charge in [0.1, 0.15) is 4.88 Å². The quantitative estimate of drug-likeness (QED) is 0.634. The number of hydrogen-bond acceptors (Lipinski definition) is 6. The minimum atomic E-state index is -0.542. The van der Waals surface area contributed by atoms with Crippen LogP contribution in [0.1, 0.15) is 59.7 Å². The fraction of sp³-hybridized carbons (Fsp3) is 0.643. The Kier molecular flexibility index (Phi) is 4.75. The minimum Gasteiger partial charge on any atom is -0.464 e. The maximum atomic E-state index is 11.7. The second-order valence-corrected chi connectivity index (χ2v) is 6.09. The Bertz CT molecular complexity index is 513. The van der Waals surface area contributed by atoms with Gasteiger partial charge in [0.2, 0.25) is 0 Å². The lowest BCUT2D eigenvalue weighted by Gasteiger charge is -2.26. The summed E-state index contributed by atoms with van der Waals surface area (Å²) in [4.78, 5) is 30.4. The van der Waals surface area contributed by atoms with Crippen molar-refractivity contribution < 1.29 is 14.3 Å². The number of anilines is 1. The predicted octanol–water partition coefficient (Wildman–Crippen LogP) is 2.90. The molecule has 1 unspecified atom stereocenters. The van der Waals surface area contributed by atoms with Crippen LogP contribution in [0, 0.1) is 0 Å². The molecule has 0 spiro atoms. The Morgan fingerprint density at radius 2 is 2.10 bits per heavy atom. The molecule has 110 valence electrons. The van der Waals surface area contributed by atoms with Gasteiger partial charge in [0.15, 0.2) is 16.6 Å². The number of esters is 1. The van der Waals surface area contributed by atoms with Crippen molar-refractivity contribution in [2.75, 3.05) is 18.6 Å². The van der Waals surface area contributed by atoms with E-state index in [-0.39, 0.29) is 11.5 Å². The highest BCUT2D eigenvalue weighted by molar-refractivity contribution is 7.17. The number of hydrogen-bond donors (Lipinski definition) is 0. The Morgan fingerprint density at radius 3 is 2.75 bits per heavy atom. The second kappa shape index (κ2) is 6.35. The molecule has 0 aromatic carbocycles. The van der Waals surface area contributed by atoms with Crippen LogP contribution in [0.25, 0.3) is 0 Å². The summed E-state index contributed by atoms with van der Waals surface area (Å²) in [5.41, 5.74) is 0.149. The van der Waals surface area contributed by atoms with E-state index in [0.29, 0.717) is 10.9 Å². The first-order valence-corrected chi connectivity index (χ1v) is 7.73. The normalized spacial score (nSPS) is 19.6. The molecule has 1 aromatic heterocycles. The zero-order valence-electron chi connectivity index (χ0n) is 12.1. The summed E-state index contributed by atoms with van der Waals surface area (Å²) >= 11 is 1.30. The lowest BCUT2D eigenvalue weighted by Crippen LogP contribution is -2.32. The van der Waals surface area contributed by atoms with Crippen molar-refractivity contribution in [2.24, 2.45) is 0 Å². The van der Waals surface area contributed by atoms with E-state index in [1.165, 1.54) is 38.2 Å². The van der Waals surface area contributed by atoms with Crippen molar-refractivity contribution in [3.8, 4) is 0 Å². The molecule has 20 heavy (non-hydrogen) atoms. The monoisotopic (exact) mass is 296 g/mol. The van der Waals surface area contributed by atoms with E-state index in [0.717, 1.165) is 24.5 Å². The third-order valence-corrected chi connectivity index (χ3v) is 4.81. The predicted molar refractivity (Wildman–Crippen MR) is 78.7 cm³/mol. The first-order valence-electron chi connectivity index (χ1n) is 6.91. The van der Waals surface area contributed by atoms with Gasteiger partial charge in [-0.15, -0.1) is 0 Å². The van der Waals surface area contributed by atoms with Gasteiger partial charge in [0, 0.05) is 19.5 Å². The van der Waals surface area contributed by atoms with Crippen LogP contribution in [-0.2, 0) is 4.74 Å². The number of ketones is 1. The second-order valence-electron chi connectivity index (χ2n) is 5.11. The summed E-state index contributed by atoms with van der Waals surface area (Å²) < 4.78 is 4.71. The largest absolute Gasteiger partial charge is 0.464 e. The van der Waals surface area contributed by atoms with Gasteiger partial charge in [0.25, 0.3) is 0 Å². The summed E-state index contributed by atoms with van der Waals surface area (Å²) in [5.74, 6) is -0.684. The summed E-state index contributed by atoms with van der Waals surface area (Å²) in [6.07, 6.45) is 4.66. The lowest BCUT2D eigenvalue weighted by molar-refractivity contribution is 0.0591. The number of nitrogens with zero attached hydrogens (tertiary/aromatic N) is 2. The van der Waals surface area contributed by atoms with E-state index >= 15 is 0 Å². The summed E-state index contributed by atoms with van der Waals surface area (Å²) in [6.45, 7) is 4.54. The highest BCUT2D eigenvalue weighted by atomic mass is 32.1. The van der Waals surface area contributed by atoms with Gasteiger partial charge in [-0.05, 0) is 19.8 Å². The van der Waals surface area contributed by atoms with E-state index in [1.807, 2.05) is 0 Å². The molecule has 1 saturated heterocycles. The standard InChI is InChI=1S/C14H20N2O3S/c1-9-7-5-4-6-8-16(9)14-15-11(13(18)19-3)12(20-14)10(2)17/h9H,4-8H2,1-3H3. The summed E-state index contributed by atoms with van der Waals surface area (Å²) in [5, 5.41) is 0.755. The van der Waals surface area contributed by atoms with Gasteiger partial charge in [-0.2, -0.15) is 0 Å².